The SMILES string of the molecule is C[C@H]1CN([C@@H](C)CO)C(=O)c2cc(NC(=O)CCN3CCOCC3)ccc2O[C@H]1CN(C)S(=O)(=O)c1ccccc1. The number of carbonyl (C=O) groups is 2. The van der Waals surface area contributed by atoms with E-state index in [1.54, 1.807) is 60.4 Å². The second-order valence-electron chi connectivity index (χ2n) is 10.7. The number of carbonyl (C=O) groups excluding carboxylic acids is 2. The van der Waals surface area contributed by atoms with E-state index >= 15 is 0 Å². The number of morpholine rings is 1. The molecule has 12 heteroatoms. The van der Waals surface area contributed by atoms with Crippen LogP contribution in [0.5, 0.6) is 5.75 Å². The molecule has 0 saturated carbocycles. The lowest BCUT2D eigenvalue weighted by Gasteiger charge is -2.38. The van der Waals surface area contributed by atoms with Gasteiger partial charge in [0.2, 0.25) is 15.9 Å². The second-order valence-corrected chi connectivity index (χ2v) is 12.7. The molecule has 2 N–H and O–H groups in total. The zero-order valence-electron chi connectivity index (χ0n) is 23.9. The Morgan fingerprint density at radius 1 is 1.17 bits per heavy atom. The summed E-state index contributed by atoms with van der Waals surface area (Å²) in [7, 11) is -2.26. The van der Waals surface area contributed by atoms with Gasteiger partial charge in [-0.15, -0.1) is 0 Å². The van der Waals surface area contributed by atoms with Crippen molar-refractivity contribution >= 4 is 27.5 Å². The average Bonchev–Trinajstić information content (AvgIpc) is 2.98. The molecule has 0 aromatic heterocycles. The number of rotatable bonds is 10. The van der Waals surface area contributed by atoms with Gasteiger partial charge in [0.25, 0.3) is 5.91 Å². The summed E-state index contributed by atoms with van der Waals surface area (Å²) in [5.74, 6) is -0.468. The molecule has 1 fully saturated rings. The van der Waals surface area contributed by atoms with Crippen LogP contribution in [0.15, 0.2) is 53.4 Å². The maximum absolute atomic E-state index is 13.7. The van der Waals surface area contributed by atoms with Crippen LogP contribution in [0.25, 0.3) is 0 Å². The molecule has 1 saturated heterocycles. The van der Waals surface area contributed by atoms with E-state index in [4.69, 9.17) is 9.47 Å². The molecule has 0 aliphatic carbocycles. The van der Waals surface area contributed by atoms with E-state index in [1.165, 1.54) is 11.4 Å². The Morgan fingerprint density at radius 3 is 2.56 bits per heavy atom. The van der Waals surface area contributed by atoms with Crippen molar-refractivity contribution in [3.05, 3.63) is 54.1 Å². The van der Waals surface area contributed by atoms with Crippen molar-refractivity contribution in [1.82, 2.24) is 14.1 Å². The number of aliphatic hydroxyl groups is 1. The number of amides is 2. The van der Waals surface area contributed by atoms with Crippen molar-refractivity contribution in [3.63, 3.8) is 0 Å². The quantitative estimate of drug-likeness (QED) is 0.431. The summed E-state index contributed by atoms with van der Waals surface area (Å²) < 4.78 is 39.3. The highest BCUT2D eigenvalue weighted by atomic mass is 32.2. The molecule has 2 aromatic carbocycles. The third kappa shape index (κ3) is 7.63. The van der Waals surface area contributed by atoms with Gasteiger partial charge in [0, 0.05) is 51.3 Å². The van der Waals surface area contributed by atoms with Crippen molar-refractivity contribution in [1.29, 1.82) is 0 Å². The van der Waals surface area contributed by atoms with Gasteiger partial charge in [0.05, 0.1) is 42.9 Å². The largest absolute Gasteiger partial charge is 0.488 e. The number of benzene rings is 2. The minimum atomic E-state index is -3.76. The lowest BCUT2D eigenvalue weighted by Crippen LogP contribution is -2.50. The van der Waals surface area contributed by atoms with Gasteiger partial charge in [-0.2, -0.15) is 4.31 Å². The average molecular weight is 589 g/mol. The lowest BCUT2D eigenvalue weighted by atomic mass is 9.99. The first-order valence-electron chi connectivity index (χ1n) is 13.9. The first kappa shape index (κ1) is 30.9. The van der Waals surface area contributed by atoms with E-state index in [-0.39, 0.29) is 47.9 Å². The van der Waals surface area contributed by atoms with E-state index in [9.17, 15) is 23.1 Å². The van der Waals surface area contributed by atoms with E-state index in [0.29, 0.717) is 37.6 Å². The van der Waals surface area contributed by atoms with E-state index in [0.717, 1.165) is 13.1 Å². The number of likely N-dealkylation sites (N-methyl/N-ethyl adjacent to an activating group) is 1. The van der Waals surface area contributed by atoms with Crippen LogP contribution < -0.4 is 10.1 Å². The van der Waals surface area contributed by atoms with Crippen LogP contribution in [0.2, 0.25) is 0 Å². The molecule has 2 aliphatic rings. The molecule has 3 atom stereocenters. The molecule has 2 aliphatic heterocycles. The Kier molecular flexibility index (Phi) is 10.4. The minimum absolute atomic E-state index is 0.0490. The molecule has 4 rings (SSSR count). The van der Waals surface area contributed by atoms with Crippen LogP contribution in [-0.2, 0) is 19.6 Å². The first-order valence-corrected chi connectivity index (χ1v) is 15.4. The Bertz CT molecular complexity index is 1300. The number of hydrogen-bond donors (Lipinski definition) is 2. The topological polar surface area (TPSA) is 129 Å². The van der Waals surface area contributed by atoms with Crippen LogP contribution in [-0.4, -0.2) is 111 Å². The highest BCUT2D eigenvalue weighted by Gasteiger charge is 2.35. The van der Waals surface area contributed by atoms with Gasteiger partial charge < -0.3 is 24.8 Å². The third-order valence-corrected chi connectivity index (χ3v) is 9.43. The van der Waals surface area contributed by atoms with Gasteiger partial charge >= 0.3 is 0 Å². The van der Waals surface area contributed by atoms with Crippen LogP contribution in [0.4, 0.5) is 5.69 Å². The Labute approximate surface area is 242 Å². The van der Waals surface area contributed by atoms with Crippen molar-refractivity contribution in [2.24, 2.45) is 5.92 Å². The fourth-order valence-electron chi connectivity index (χ4n) is 4.95. The predicted octanol–water partition coefficient (Wildman–Crippen LogP) is 1.89. The summed E-state index contributed by atoms with van der Waals surface area (Å²) in [6, 6.07) is 12.6. The molecule has 224 valence electrons. The fraction of sp³-hybridized carbons (Fsp3) is 0.517. The predicted molar refractivity (Wildman–Crippen MR) is 154 cm³/mol. The molecule has 2 aromatic rings. The van der Waals surface area contributed by atoms with Crippen molar-refractivity contribution < 1.29 is 32.6 Å². The Hall–Kier alpha value is -3.03. The number of nitrogens with zero attached hydrogens (tertiary/aromatic N) is 3. The molecule has 0 unspecified atom stereocenters. The number of ether oxygens (including phenoxy) is 2. The molecular formula is C29H40N4O7S. The van der Waals surface area contributed by atoms with Crippen LogP contribution in [0, 0.1) is 5.92 Å². The fourth-order valence-corrected chi connectivity index (χ4v) is 6.15. The van der Waals surface area contributed by atoms with Crippen molar-refractivity contribution in [2.45, 2.75) is 37.3 Å². The van der Waals surface area contributed by atoms with E-state index in [2.05, 4.69) is 10.2 Å². The van der Waals surface area contributed by atoms with Gasteiger partial charge in [-0.25, -0.2) is 8.42 Å². The number of nitrogens with one attached hydrogen (secondary N) is 1. The lowest BCUT2D eigenvalue weighted by molar-refractivity contribution is -0.116. The van der Waals surface area contributed by atoms with Gasteiger partial charge in [0.15, 0.2) is 0 Å². The van der Waals surface area contributed by atoms with Crippen LogP contribution >= 0.6 is 0 Å². The van der Waals surface area contributed by atoms with Gasteiger partial charge in [-0.3, -0.25) is 14.5 Å². The molecule has 0 spiro atoms. The highest BCUT2D eigenvalue weighted by molar-refractivity contribution is 7.89. The molecule has 0 bridgehead atoms. The smallest absolute Gasteiger partial charge is 0.258 e. The molecule has 2 amide bonds. The van der Waals surface area contributed by atoms with E-state index < -0.39 is 22.2 Å². The number of fused-ring (bicyclic) bond motifs is 1. The number of anilines is 1. The highest BCUT2D eigenvalue weighted by Crippen LogP contribution is 2.31. The molecular weight excluding hydrogens is 548 g/mol. The Balaban J connectivity index is 1.55. The maximum atomic E-state index is 13.7. The summed E-state index contributed by atoms with van der Waals surface area (Å²) in [5, 5.41) is 12.8. The third-order valence-electron chi connectivity index (χ3n) is 7.60. The monoisotopic (exact) mass is 588 g/mol. The number of aliphatic hydroxyl groups excluding tert-OH is 1. The standard InChI is InChI=1S/C29H40N4O7S/c1-21-18-33(22(2)20-34)29(36)25-17-23(30-28(35)11-12-32-13-15-39-16-14-32)9-10-26(25)40-27(21)19-31(3)41(37,38)24-7-5-4-6-8-24/h4-10,17,21-22,27,34H,11-16,18-20H2,1-3H3,(H,30,35)/t21-,22-,27-/m0/s1. The normalized spacial score (nSPS) is 21.0. The summed E-state index contributed by atoms with van der Waals surface area (Å²) in [6.45, 7) is 7.22. The zero-order valence-corrected chi connectivity index (χ0v) is 24.7. The summed E-state index contributed by atoms with van der Waals surface area (Å²) >= 11 is 0. The van der Waals surface area contributed by atoms with Crippen LogP contribution in [0.3, 0.4) is 0 Å². The molecule has 11 nitrogen and oxygen atoms in total. The van der Waals surface area contributed by atoms with Gasteiger partial charge in [0.1, 0.15) is 11.9 Å². The number of sulfonamides is 1. The molecule has 41 heavy (non-hydrogen) atoms. The first-order chi connectivity index (χ1) is 19.6. The Morgan fingerprint density at radius 2 is 1.88 bits per heavy atom. The maximum Gasteiger partial charge on any atom is 0.258 e. The van der Waals surface area contributed by atoms with Crippen molar-refractivity contribution in [2.75, 3.05) is 64.9 Å². The number of hydrogen-bond acceptors (Lipinski definition) is 8. The van der Waals surface area contributed by atoms with Crippen molar-refractivity contribution in [3.8, 4) is 5.75 Å². The van der Waals surface area contributed by atoms with Crippen LogP contribution in [0.1, 0.15) is 30.6 Å². The minimum Gasteiger partial charge on any atom is -0.488 e. The van der Waals surface area contributed by atoms with E-state index in [1.807, 2.05) is 6.92 Å². The van der Waals surface area contributed by atoms with Gasteiger partial charge in [-0.1, -0.05) is 25.1 Å². The second kappa shape index (κ2) is 13.8. The zero-order chi connectivity index (χ0) is 29.6. The van der Waals surface area contributed by atoms with Gasteiger partial charge in [-0.05, 0) is 37.3 Å². The molecule has 0 radical (unpaired) electrons. The molecule has 2 heterocycles. The summed E-state index contributed by atoms with van der Waals surface area (Å²) in [6.07, 6.45) is -0.288. The summed E-state index contributed by atoms with van der Waals surface area (Å²) in [5.41, 5.74) is 0.694. The summed E-state index contributed by atoms with van der Waals surface area (Å²) in [4.78, 5) is 30.3.